The number of ether oxygens (including phenoxy) is 1. The molecule has 1 aromatic heterocycles. The Hall–Kier alpha value is -3.22. The van der Waals surface area contributed by atoms with E-state index in [1.807, 2.05) is 30.5 Å². The number of aromatic amines is 1. The molecule has 2 atom stereocenters. The number of para-hydroxylation sites is 2. The van der Waals surface area contributed by atoms with Gasteiger partial charge in [0.25, 0.3) is 0 Å². The third-order valence-electron chi connectivity index (χ3n) is 6.36. The topological polar surface area (TPSA) is 79.5 Å². The molecule has 1 aliphatic heterocycles. The van der Waals surface area contributed by atoms with Crippen molar-refractivity contribution in [3.63, 3.8) is 0 Å². The third kappa shape index (κ3) is 4.24. The number of hydrogen-bond acceptors (Lipinski definition) is 5. The van der Waals surface area contributed by atoms with E-state index in [1.54, 1.807) is 7.11 Å². The smallest absolute Gasteiger partial charge is 0.123 e. The number of aliphatic imine (C=N–C) groups is 1. The van der Waals surface area contributed by atoms with Crippen LogP contribution in [0.3, 0.4) is 0 Å². The SMILES string of the molecule is COc1cc(CN(Cc2nc3ccccc3[nH]2)C2C=C3C=CC=NC3CC2)ccc1CN. The van der Waals surface area contributed by atoms with Crippen LogP contribution in [-0.2, 0) is 19.6 Å². The Morgan fingerprint density at radius 2 is 2.06 bits per heavy atom. The Balaban J connectivity index is 1.45. The highest BCUT2D eigenvalue weighted by Crippen LogP contribution is 2.30. The fourth-order valence-electron chi connectivity index (χ4n) is 4.69. The molecule has 0 radical (unpaired) electrons. The van der Waals surface area contributed by atoms with Crippen molar-refractivity contribution >= 4 is 17.2 Å². The van der Waals surface area contributed by atoms with E-state index in [0.29, 0.717) is 18.6 Å². The number of nitrogens with one attached hydrogen (secondary N) is 1. The van der Waals surface area contributed by atoms with Gasteiger partial charge < -0.3 is 15.5 Å². The third-order valence-corrected chi connectivity index (χ3v) is 6.36. The second-order valence-corrected chi connectivity index (χ2v) is 8.44. The van der Waals surface area contributed by atoms with Gasteiger partial charge in [0.2, 0.25) is 0 Å². The lowest BCUT2D eigenvalue weighted by molar-refractivity contribution is 0.188. The molecule has 0 saturated heterocycles. The largest absolute Gasteiger partial charge is 0.496 e. The number of hydrogen-bond donors (Lipinski definition) is 2. The van der Waals surface area contributed by atoms with Crippen molar-refractivity contribution in [2.24, 2.45) is 10.7 Å². The summed E-state index contributed by atoms with van der Waals surface area (Å²) < 4.78 is 5.58. The first-order valence-electron chi connectivity index (χ1n) is 11.2. The Labute approximate surface area is 188 Å². The number of benzene rings is 2. The van der Waals surface area contributed by atoms with E-state index >= 15 is 0 Å². The Morgan fingerprint density at radius 3 is 2.91 bits per heavy atom. The molecule has 32 heavy (non-hydrogen) atoms. The van der Waals surface area contributed by atoms with Gasteiger partial charge in [-0.15, -0.1) is 0 Å². The summed E-state index contributed by atoms with van der Waals surface area (Å²) in [7, 11) is 1.70. The van der Waals surface area contributed by atoms with Gasteiger partial charge in [0.05, 0.1) is 30.7 Å². The first-order chi connectivity index (χ1) is 15.7. The highest BCUT2D eigenvalue weighted by atomic mass is 16.5. The molecule has 1 aliphatic carbocycles. The lowest BCUT2D eigenvalue weighted by atomic mass is 9.89. The minimum absolute atomic E-state index is 0.299. The summed E-state index contributed by atoms with van der Waals surface area (Å²) >= 11 is 0. The lowest BCUT2D eigenvalue weighted by Crippen LogP contribution is -2.37. The van der Waals surface area contributed by atoms with E-state index in [9.17, 15) is 0 Å². The molecular weight excluding hydrogens is 398 g/mol. The average molecular weight is 428 g/mol. The quantitative estimate of drug-likeness (QED) is 0.594. The second-order valence-electron chi connectivity index (χ2n) is 8.44. The van der Waals surface area contributed by atoms with E-state index in [-0.39, 0.29) is 0 Å². The molecule has 5 rings (SSSR count). The average Bonchev–Trinajstić information content (AvgIpc) is 3.25. The Bertz CT molecular complexity index is 1160. The number of methoxy groups -OCH3 is 1. The minimum atomic E-state index is 0.299. The summed E-state index contributed by atoms with van der Waals surface area (Å²) in [5.41, 5.74) is 11.5. The predicted molar refractivity (Wildman–Crippen MR) is 129 cm³/mol. The molecule has 0 saturated carbocycles. The van der Waals surface area contributed by atoms with Crippen molar-refractivity contribution in [1.82, 2.24) is 14.9 Å². The van der Waals surface area contributed by atoms with Gasteiger partial charge in [0.1, 0.15) is 11.6 Å². The molecule has 6 heteroatoms. The number of nitrogens with zero attached hydrogens (tertiary/aromatic N) is 3. The number of aromatic nitrogens is 2. The minimum Gasteiger partial charge on any atom is -0.496 e. The number of dihydropyridines is 1. The first kappa shape index (κ1) is 20.7. The molecule has 2 aromatic carbocycles. The molecule has 0 amide bonds. The van der Waals surface area contributed by atoms with E-state index < -0.39 is 0 Å². The summed E-state index contributed by atoms with van der Waals surface area (Å²) in [6, 6.07) is 15.1. The van der Waals surface area contributed by atoms with Gasteiger partial charge in [-0.1, -0.05) is 36.4 Å². The van der Waals surface area contributed by atoms with Crippen LogP contribution in [0.5, 0.6) is 5.75 Å². The molecule has 0 bridgehead atoms. The molecule has 3 aromatic rings. The lowest BCUT2D eigenvalue weighted by Gasteiger charge is -2.34. The van der Waals surface area contributed by atoms with Crippen LogP contribution in [-0.4, -0.2) is 40.3 Å². The van der Waals surface area contributed by atoms with Crippen LogP contribution in [0.15, 0.2) is 71.3 Å². The molecule has 2 heterocycles. The zero-order valence-electron chi connectivity index (χ0n) is 18.4. The van der Waals surface area contributed by atoms with E-state index in [0.717, 1.165) is 54.1 Å². The van der Waals surface area contributed by atoms with Gasteiger partial charge in [0, 0.05) is 30.9 Å². The highest BCUT2D eigenvalue weighted by molar-refractivity contribution is 5.75. The maximum absolute atomic E-state index is 5.87. The van der Waals surface area contributed by atoms with Gasteiger partial charge in [-0.05, 0) is 48.3 Å². The standard InChI is InChI=1S/C26H29N5O/c1-32-25-13-18(8-9-20(25)15-27)16-31(17-26-29-23-6-2-3-7-24(23)30-26)21-10-11-22-19(14-21)5-4-12-28-22/h2-9,12-14,21-22H,10-11,15-17,27H2,1H3,(H,29,30). The van der Waals surface area contributed by atoms with Crippen LogP contribution >= 0.6 is 0 Å². The zero-order chi connectivity index (χ0) is 21.9. The van der Waals surface area contributed by atoms with E-state index in [2.05, 4.69) is 51.3 Å². The summed E-state index contributed by atoms with van der Waals surface area (Å²) in [6.07, 6.45) is 10.7. The van der Waals surface area contributed by atoms with Gasteiger partial charge in [-0.2, -0.15) is 0 Å². The number of fused-ring (bicyclic) bond motifs is 2. The van der Waals surface area contributed by atoms with Crippen molar-refractivity contribution in [3.05, 3.63) is 83.2 Å². The number of rotatable bonds is 7. The molecule has 0 spiro atoms. The molecule has 6 nitrogen and oxygen atoms in total. The monoisotopic (exact) mass is 427 g/mol. The van der Waals surface area contributed by atoms with Crippen molar-refractivity contribution in [2.45, 2.75) is 44.6 Å². The van der Waals surface area contributed by atoms with Crippen LogP contribution in [0.4, 0.5) is 0 Å². The molecule has 2 aliphatic rings. The first-order valence-corrected chi connectivity index (χ1v) is 11.2. The molecule has 3 N–H and O–H groups in total. The Morgan fingerprint density at radius 1 is 1.16 bits per heavy atom. The zero-order valence-corrected chi connectivity index (χ0v) is 18.4. The summed E-state index contributed by atoms with van der Waals surface area (Å²) in [5.74, 6) is 1.83. The van der Waals surface area contributed by atoms with Gasteiger partial charge in [-0.3, -0.25) is 9.89 Å². The van der Waals surface area contributed by atoms with E-state index in [4.69, 9.17) is 15.5 Å². The fourth-order valence-corrected chi connectivity index (χ4v) is 4.69. The normalized spacial score (nSPS) is 19.9. The molecular formula is C26H29N5O. The van der Waals surface area contributed by atoms with Crippen LogP contribution in [0, 0.1) is 0 Å². The maximum atomic E-state index is 5.87. The number of allylic oxidation sites excluding steroid dienone is 1. The molecule has 164 valence electrons. The number of imidazole rings is 1. The van der Waals surface area contributed by atoms with Gasteiger partial charge >= 0.3 is 0 Å². The molecule has 2 unspecified atom stereocenters. The Kier molecular flexibility index (Phi) is 5.88. The van der Waals surface area contributed by atoms with Crippen molar-refractivity contribution in [1.29, 1.82) is 0 Å². The highest BCUT2D eigenvalue weighted by Gasteiger charge is 2.27. The summed E-state index contributed by atoms with van der Waals surface area (Å²) in [6.45, 7) is 2.00. The maximum Gasteiger partial charge on any atom is 0.123 e. The van der Waals surface area contributed by atoms with Crippen molar-refractivity contribution in [3.8, 4) is 5.75 Å². The number of nitrogens with two attached hydrogens (primary N) is 1. The fraction of sp³-hybridized carbons (Fsp3) is 0.308. The summed E-state index contributed by atoms with van der Waals surface area (Å²) in [4.78, 5) is 15.5. The van der Waals surface area contributed by atoms with E-state index in [1.165, 1.54) is 11.1 Å². The van der Waals surface area contributed by atoms with Crippen molar-refractivity contribution < 1.29 is 4.74 Å². The van der Waals surface area contributed by atoms with Crippen LogP contribution in [0.1, 0.15) is 29.8 Å². The van der Waals surface area contributed by atoms with Crippen LogP contribution < -0.4 is 10.5 Å². The van der Waals surface area contributed by atoms with Crippen LogP contribution in [0.25, 0.3) is 11.0 Å². The van der Waals surface area contributed by atoms with Gasteiger partial charge in [0.15, 0.2) is 0 Å². The van der Waals surface area contributed by atoms with Crippen molar-refractivity contribution in [2.75, 3.05) is 7.11 Å². The summed E-state index contributed by atoms with van der Waals surface area (Å²) in [5, 5.41) is 0. The second kappa shape index (κ2) is 9.10. The van der Waals surface area contributed by atoms with Gasteiger partial charge in [-0.25, -0.2) is 4.98 Å². The van der Waals surface area contributed by atoms with Crippen LogP contribution in [0.2, 0.25) is 0 Å². The predicted octanol–water partition coefficient (Wildman–Crippen LogP) is 4.13. The molecule has 0 fully saturated rings. The number of H-pyrrole nitrogens is 1.